The standard InChI is InChI=1S/C11H17N3O/c1-8-4-5-9(7-12)14(8)11(15)10-3-2-6-13-10/h8-10,13H,2-6H2,1H3/t8-,9-,10+/m0/s1. The van der Waals surface area contributed by atoms with E-state index in [2.05, 4.69) is 11.4 Å². The summed E-state index contributed by atoms with van der Waals surface area (Å²) >= 11 is 0. The first-order valence-electron chi connectivity index (χ1n) is 5.69. The molecule has 0 aromatic rings. The van der Waals surface area contributed by atoms with E-state index in [0.29, 0.717) is 0 Å². The second kappa shape index (κ2) is 4.19. The molecule has 15 heavy (non-hydrogen) atoms. The average molecular weight is 207 g/mol. The van der Waals surface area contributed by atoms with Gasteiger partial charge in [-0.25, -0.2) is 0 Å². The molecule has 1 amide bonds. The number of likely N-dealkylation sites (tertiary alicyclic amines) is 1. The number of carbonyl (C=O) groups is 1. The maximum Gasteiger partial charge on any atom is 0.241 e. The van der Waals surface area contributed by atoms with E-state index in [-0.39, 0.29) is 24.0 Å². The fourth-order valence-electron chi connectivity index (χ4n) is 2.56. The van der Waals surface area contributed by atoms with Crippen LogP contribution in [0.25, 0.3) is 0 Å². The van der Waals surface area contributed by atoms with Crippen LogP contribution < -0.4 is 5.32 Å². The van der Waals surface area contributed by atoms with Gasteiger partial charge in [0.1, 0.15) is 6.04 Å². The van der Waals surface area contributed by atoms with Gasteiger partial charge in [0.05, 0.1) is 12.1 Å². The van der Waals surface area contributed by atoms with E-state index in [1.54, 1.807) is 4.90 Å². The quantitative estimate of drug-likeness (QED) is 0.686. The van der Waals surface area contributed by atoms with Crippen LogP contribution in [-0.2, 0) is 4.79 Å². The molecule has 4 heteroatoms. The smallest absolute Gasteiger partial charge is 0.241 e. The van der Waals surface area contributed by atoms with Crippen LogP contribution >= 0.6 is 0 Å². The van der Waals surface area contributed by atoms with Crippen LogP contribution in [-0.4, -0.2) is 35.5 Å². The van der Waals surface area contributed by atoms with Crippen molar-refractivity contribution in [3.63, 3.8) is 0 Å². The Labute approximate surface area is 90.2 Å². The van der Waals surface area contributed by atoms with Gasteiger partial charge < -0.3 is 10.2 Å². The lowest BCUT2D eigenvalue weighted by Crippen LogP contribution is -2.48. The third-order valence-electron chi connectivity index (χ3n) is 3.43. The fraction of sp³-hybridized carbons (Fsp3) is 0.818. The summed E-state index contributed by atoms with van der Waals surface area (Å²) in [4.78, 5) is 13.9. The van der Waals surface area contributed by atoms with Gasteiger partial charge in [0.25, 0.3) is 0 Å². The van der Waals surface area contributed by atoms with Crippen LogP contribution in [0.2, 0.25) is 0 Å². The molecule has 0 unspecified atom stereocenters. The lowest BCUT2D eigenvalue weighted by molar-refractivity contribution is -0.134. The number of amides is 1. The summed E-state index contributed by atoms with van der Waals surface area (Å²) in [6, 6.07) is 2.21. The lowest BCUT2D eigenvalue weighted by atomic mass is 10.1. The molecule has 2 heterocycles. The molecule has 2 aliphatic heterocycles. The van der Waals surface area contributed by atoms with Crippen LogP contribution in [0.15, 0.2) is 0 Å². The van der Waals surface area contributed by atoms with Crippen LogP contribution in [0, 0.1) is 11.3 Å². The third kappa shape index (κ3) is 1.84. The van der Waals surface area contributed by atoms with Gasteiger partial charge in [-0.05, 0) is 39.2 Å². The Morgan fingerprint density at radius 2 is 2.27 bits per heavy atom. The molecule has 2 rings (SSSR count). The van der Waals surface area contributed by atoms with Crippen LogP contribution in [0.5, 0.6) is 0 Å². The van der Waals surface area contributed by atoms with Crippen molar-refractivity contribution in [1.82, 2.24) is 10.2 Å². The summed E-state index contributed by atoms with van der Waals surface area (Å²) in [6.45, 7) is 2.96. The average Bonchev–Trinajstić information content (AvgIpc) is 2.85. The molecule has 82 valence electrons. The number of nitriles is 1. The zero-order valence-electron chi connectivity index (χ0n) is 9.07. The molecule has 0 radical (unpaired) electrons. The van der Waals surface area contributed by atoms with Gasteiger partial charge in [-0.3, -0.25) is 4.79 Å². The van der Waals surface area contributed by atoms with Gasteiger partial charge in [0.15, 0.2) is 0 Å². The van der Waals surface area contributed by atoms with Crippen molar-refractivity contribution < 1.29 is 4.79 Å². The lowest BCUT2D eigenvalue weighted by Gasteiger charge is -2.27. The van der Waals surface area contributed by atoms with E-state index in [1.807, 2.05) is 6.92 Å². The maximum absolute atomic E-state index is 12.1. The highest BCUT2D eigenvalue weighted by Crippen LogP contribution is 2.25. The zero-order chi connectivity index (χ0) is 10.8. The number of nitrogens with one attached hydrogen (secondary N) is 1. The predicted molar refractivity (Wildman–Crippen MR) is 56.0 cm³/mol. The van der Waals surface area contributed by atoms with Gasteiger partial charge in [0, 0.05) is 6.04 Å². The number of hydrogen-bond donors (Lipinski definition) is 1. The van der Waals surface area contributed by atoms with Crippen LogP contribution in [0.1, 0.15) is 32.6 Å². The van der Waals surface area contributed by atoms with Crippen LogP contribution in [0.3, 0.4) is 0 Å². The molecule has 0 aromatic carbocycles. The summed E-state index contributed by atoms with van der Waals surface area (Å²) < 4.78 is 0. The van der Waals surface area contributed by atoms with Crippen molar-refractivity contribution in [3.8, 4) is 6.07 Å². The summed E-state index contributed by atoms with van der Waals surface area (Å²) in [5.74, 6) is 0.129. The van der Waals surface area contributed by atoms with Crippen molar-refractivity contribution in [2.45, 2.75) is 50.7 Å². The van der Waals surface area contributed by atoms with Crippen molar-refractivity contribution in [2.75, 3.05) is 6.54 Å². The van der Waals surface area contributed by atoms with E-state index in [1.165, 1.54) is 0 Å². The first-order chi connectivity index (χ1) is 7.24. The Balaban J connectivity index is 2.07. The van der Waals surface area contributed by atoms with Crippen LogP contribution in [0.4, 0.5) is 0 Å². The maximum atomic E-state index is 12.1. The van der Waals surface area contributed by atoms with Crippen molar-refractivity contribution in [1.29, 1.82) is 5.26 Å². The molecule has 2 fully saturated rings. The molecule has 1 N–H and O–H groups in total. The fourth-order valence-corrected chi connectivity index (χ4v) is 2.56. The van der Waals surface area contributed by atoms with Gasteiger partial charge >= 0.3 is 0 Å². The van der Waals surface area contributed by atoms with E-state index < -0.39 is 0 Å². The number of nitrogens with zero attached hydrogens (tertiary/aromatic N) is 2. The Kier molecular flexibility index (Phi) is 2.92. The molecule has 0 aliphatic carbocycles. The largest absolute Gasteiger partial charge is 0.323 e. The summed E-state index contributed by atoms with van der Waals surface area (Å²) in [6.07, 6.45) is 3.77. The molecule has 0 bridgehead atoms. The number of hydrogen-bond acceptors (Lipinski definition) is 3. The first-order valence-corrected chi connectivity index (χ1v) is 5.69. The van der Waals surface area contributed by atoms with Gasteiger partial charge in [-0.2, -0.15) is 5.26 Å². The Bertz CT molecular complexity index is 291. The molecule has 0 saturated carbocycles. The molecule has 0 aromatic heterocycles. The highest BCUT2D eigenvalue weighted by molar-refractivity contribution is 5.83. The minimum atomic E-state index is -0.199. The molecule has 2 aliphatic rings. The highest BCUT2D eigenvalue weighted by atomic mass is 16.2. The van der Waals surface area contributed by atoms with Crippen molar-refractivity contribution in [2.24, 2.45) is 0 Å². The minimum absolute atomic E-state index is 0.0404. The molecule has 3 atom stereocenters. The Hall–Kier alpha value is -1.08. The number of carbonyl (C=O) groups excluding carboxylic acids is 1. The second-order valence-electron chi connectivity index (χ2n) is 4.47. The summed E-state index contributed by atoms with van der Waals surface area (Å²) in [5.41, 5.74) is 0. The van der Waals surface area contributed by atoms with Gasteiger partial charge in [0.2, 0.25) is 5.91 Å². The Morgan fingerprint density at radius 1 is 1.47 bits per heavy atom. The topological polar surface area (TPSA) is 56.1 Å². The molecular formula is C11H17N3O. The number of rotatable bonds is 1. The van der Waals surface area contributed by atoms with Crippen molar-refractivity contribution in [3.05, 3.63) is 0 Å². The summed E-state index contributed by atoms with van der Waals surface area (Å²) in [7, 11) is 0. The second-order valence-corrected chi connectivity index (χ2v) is 4.47. The zero-order valence-corrected chi connectivity index (χ0v) is 9.07. The Morgan fingerprint density at radius 3 is 2.87 bits per heavy atom. The normalized spacial score (nSPS) is 35.5. The monoisotopic (exact) mass is 207 g/mol. The SMILES string of the molecule is C[C@H]1CC[C@@H](C#N)N1C(=O)[C@H]1CCCN1. The minimum Gasteiger partial charge on any atom is -0.323 e. The van der Waals surface area contributed by atoms with E-state index >= 15 is 0 Å². The first kappa shape index (κ1) is 10.4. The predicted octanol–water partition coefficient (Wildman–Crippen LogP) is 0.641. The van der Waals surface area contributed by atoms with E-state index in [9.17, 15) is 4.79 Å². The molecule has 0 spiro atoms. The van der Waals surface area contributed by atoms with Crippen molar-refractivity contribution >= 4 is 5.91 Å². The molecule has 2 saturated heterocycles. The molecular weight excluding hydrogens is 190 g/mol. The van der Waals surface area contributed by atoms with Gasteiger partial charge in [-0.15, -0.1) is 0 Å². The van der Waals surface area contributed by atoms with E-state index in [0.717, 1.165) is 32.2 Å². The summed E-state index contributed by atoms with van der Waals surface area (Å²) in [5, 5.41) is 12.2. The highest BCUT2D eigenvalue weighted by Gasteiger charge is 2.38. The third-order valence-corrected chi connectivity index (χ3v) is 3.43. The van der Waals surface area contributed by atoms with Gasteiger partial charge in [-0.1, -0.05) is 0 Å². The van der Waals surface area contributed by atoms with E-state index in [4.69, 9.17) is 5.26 Å². The molecule has 4 nitrogen and oxygen atoms in total.